The van der Waals surface area contributed by atoms with E-state index in [0.717, 1.165) is 45.3 Å². The maximum absolute atomic E-state index is 11.4. The second-order valence-electron chi connectivity index (χ2n) is 6.25. The molecule has 0 aliphatic carbocycles. The Morgan fingerprint density at radius 3 is 2.76 bits per heavy atom. The molecule has 2 heterocycles. The summed E-state index contributed by atoms with van der Waals surface area (Å²) in [5.74, 6) is 0.612. The Labute approximate surface area is 105 Å². The second-order valence-corrected chi connectivity index (χ2v) is 6.25. The number of likely N-dealkylation sites (tertiary alicyclic amines) is 1. The van der Waals surface area contributed by atoms with Gasteiger partial charge in [-0.25, -0.2) is 0 Å². The fourth-order valence-corrected chi connectivity index (χ4v) is 3.05. The molecule has 0 aromatic rings. The lowest BCUT2D eigenvalue weighted by Crippen LogP contribution is -2.42. The molecular formula is C14H25NO2. The standard InChI is InChI=1S/C14H25NO2/c1-11(16)12-5-4-8-15(9-12)10-13-6-7-14(2,3)17-13/h12-13H,4-10H2,1-3H3. The van der Waals surface area contributed by atoms with E-state index in [1.54, 1.807) is 6.92 Å². The minimum absolute atomic E-state index is 0.0560. The summed E-state index contributed by atoms with van der Waals surface area (Å²) >= 11 is 0. The second kappa shape index (κ2) is 5.07. The van der Waals surface area contributed by atoms with Crippen LogP contribution in [0.4, 0.5) is 0 Å². The van der Waals surface area contributed by atoms with Gasteiger partial charge in [0, 0.05) is 19.0 Å². The highest BCUT2D eigenvalue weighted by atomic mass is 16.5. The van der Waals surface area contributed by atoms with Crippen molar-refractivity contribution in [2.45, 2.75) is 58.2 Å². The Balaban J connectivity index is 1.81. The molecule has 0 aromatic heterocycles. The van der Waals surface area contributed by atoms with E-state index in [4.69, 9.17) is 4.74 Å². The first-order valence-corrected chi connectivity index (χ1v) is 6.87. The molecule has 17 heavy (non-hydrogen) atoms. The minimum Gasteiger partial charge on any atom is -0.371 e. The van der Waals surface area contributed by atoms with Crippen LogP contribution in [0.15, 0.2) is 0 Å². The molecule has 98 valence electrons. The van der Waals surface area contributed by atoms with Crippen LogP contribution in [-0.2, 0) is 9.53 Å². The largest absolute Gasteiger partial charge is 0.371 e. The summed E-state index contributed by atoms with van der Waals surface area (Å²) < 4.78 is 6.02. The first-order chi connectivity index (χ1) is 7.96. The lowest BCUT2D eigenvalue weighted by atomic mass is 9.94. The van der Waals surface area contributed by atoms with Crippen LogP contribution in [0.2, 0.25) is 0 Å². The van der Waals surface area contributed by atoms with Crippen molar-refractivity contribution in [3.05, 3.63) is 0 Å². The highest BCUT2D eigenvalue weighted by Crippen LogP contribution is 2.30. The van der Waals surface area contributed by atoms with Crippen molar-refractivity contribution in [1.82, 2.24) is 4.90 Å². The Hall–Kier alpha value is -0.410. The van der Waals surface area contributed by atoms with Crippen molar-refractivity contribution in [3.63, 3.8) is 0 Å². The van der Waals surface area contributed by atoms with E-state index in [0.29, 0.717) is 11.9 Å². The highest BCUT2D eigenvalue weighted by Gasteiger charge is 2.33. The molecule has 0 amide bonds. The monoisotopic (exact) mass is 239 g/mol. The molecular weight excluding hydrogens is 214 g/mol. The van der Waals surface area contributed by atoms with E-state index < -0.39 is 0 Å². The molecule has 0 spiro atoms. The minimum atomic E-state index is 0.0560. The summed E-state index contributed by atoms with van der Waals surface area (Å²) in [5.41, 5.74) is 0.0560. The molecule has 3 nitrogen and oxygen atoms in total. The van der Waals surface area contributed by atoms with Crippen LogP contribution in [0.25, 0.3) is 0 Å². The van der Waals surface area contributed by atoms with Crippen LogP contribution in [0.1, 0.15) is 46.5 Å². The van der Waals surface area contributed by atoms with Crippen LogP contribution in [0, 0.1) is 5.92 Å². The molecule has 3 heteroatoms. The fraction of sp³-hybridized carbons (Fsp3) is 0.929. The maximum Gasteiger partial charge on any atom is 0.134 e. The third-order valence-electron chi connectivity index (χ3n) is 4.10. The van der Waals surface area contributed by atoms with Gasteiger partial charge in [0.1, 0.15) is 5.78 Å². The van der Waals surface area contributed by atoms with E-state index in [-0.39, 0.29) is 11.5 Å². The van der Waals surface area contributed by atoms with Gasteiger partial charge in [-0.2, -0.15) is 0 Å². The Morgan fingerprint density at radius 2 is 2.18 bits per heavy atom. The molecule has 2 rings (SSSR count). The van der Waals surface area contributed by atoms with Crippen molar-refractivity contribution in [2.24, 2.45) is 5.92 Å². The molecule has 0 saturated carbocycles. The summed E-state index contributed by atoms with van der Waals surface area (Å²) in [7, 11) is 0. The number of hydrogen-bond donors (Lipinski definition) is 0. The Bertz CT molecular complexity index is 288. The third kappa shape index (κ3) is 3.52. The number of rotatable bonds is 3. The zero-order valence-corrected chi connectivity index (χ0v) is 11.4. The van der Waals surface area contributed by atoms with Gasteiger partial charge in [-0.3, -0.25) is 4.79 Å². The number of ketones is 1. The van der Waals surface area contributed by atoms with Gasteiger partial charge in [0.25, 0.3) is 0 Å². The number of nitrogens with zero attached hydrogens (tertiary/aromatic N) is 1. The molecule has 2 fully saturated rings. The predicted octanol–water partition coefficient (Wildman–Crippen LogP) is 2.25. The van der Waals surface area contributed by atoms with Crippen LogP contribution < -0.4 is 0 Å². The van der Waals surface area contributed by atoms with Gasteiger partial charge in [0.15, 0.2) is 0 Å². The summed E-state index contributed by atoms with van der Waals surface area (Å²) in [6.45, 7) is 9.14. The number of piperidine rings is 1. The van der Waals surface area contributed by atoms with E-state index in [9.17, 15) is 4.79 Å². The van der Waals surface area contributed by atoms with E-state index in [1.165, 1.54) is 0 Å². The molecule has 0 radical (unpaired) electrons. The van der Waals surface area contributed by atoms with Crippen molar-refractivity contribution in [2.75, 3.05) is 19.6 Å². The van der Waals surface area contributed by atoms with Crippen LogP contribution in [0.3, 0.4) is 0 Å². The van der Waals surface area contributed by atoms with Gasteiger partial charge in [-0.1, -0.05) is 0 Å². The maximum atomic E-state index is 11.4. The fourth-order valence-electron chi connectivity index (χ4n) is 3.05. The summed E-state index contributed by atoms with van der Waals surface area (Å²) in [4.78, 5) is 13.8. The lowest BCUT2D eigenvalue weighted by molar-refractivity contribution is -0.122. The summed E-state index contributed by atoms with van der Waals surface area (Å²) in [6, 6.07) is 0. The molecule has 0 N–H and O–H groups in total. The van der Waals surface area contributed by atoms with Crippen LogP contribution >= 0.6 is 0 Å². The molecule has 2 unspecified atom stereocenters. The number of carbonyl (C=O) groups is 1. The molecule has 2 aliphatic heterocycles. The number of hydrogen-bond acceptors (Lipinski definition) is 3. The van der Waals surface area contributed by atoms with Crippen LogP contribution in [0.5, 0.6) is 0 Å². The average molecular weight is 239 g/mol. The van der Waals surface area contributed by atoms with E-state index in [1.807, 2.05) is 0 Å². The predicted molar refractivity (Wildman–Crippen MR) is 68.0 cm³/mol. The van der Waals surface area contributed by atoms with E-state index in [2.05, 4.69) is 18.7 Å². The normalized spacial score (nSPS) is 33.8. The highest BCUT2D eigenvalue weighted by molar-refractivity contribution is 5.78. The van der Waals surface area contributed by atoms with E-state index >= 15 is 0 Å². The number of ether oxygens (including phenoxy) is 1. The molecule has 0 bridgehead atoms. The van der Waals surface area contributed by atoms with Crippen molar-refractivity contribution in [3.8, 4) is 0 Å². The zero-order valence-electron chi connectivity index (χ0n) is 11.4. The van der Waals surface area contributed by atoms with Gasteiger partial charge in [-0.05, 0) is 53.0 Å². The first-order valence-electron chi connectivity index (χ1n) is 6.87. The van der Waals surface area contributed by atoms with Crippen molar-refractivity contribution >= 4 is 5.78 Å². The van der Waals surface area contributed by atoms with Gasteiger partial charge >= 0.3 is 0 Å². The van der Waals surface area contributed by atoms with Crippen LogP contribution in [-0.4, -0.2) is 42.0 Å². The van der Waals surface area contributed by atoms with Crippen molar-refractivity contribution < 1.29 is 9.53 Å². The zero-order chi connectivity index (χ0) is 12.5. The molecule has 2 atom stereocenters. The van der Waals surface area contributed by atoms with Gasteiger partial charge in [-0.15, -0.1) is 0 Å². The molecule has 2 saturated heterocycles. The Kier molecular flexibility index (Phi) is 3.88. The molecule has 2 aliphatic rings. The van der Waals surface area contributed by atoms with Gasteiger partial charge in [0.2, 0.25) is 0 Å². The molecule has 0 aromatic carbocycles. The Morgan fingerprint density at radius 1 is 1.41 bits per heavy atom. The van der Waals surface area contributed by atoms with Gasteiger partial charge in [0.05, 0.1) is 11.7 Å². The average Bonchev–Trinajstić information content (AvgIpc) is 2.58. The topological polar surface area (TPSA) is 29.5 Å². The van der Waals surface area contributed by atoms with Gasteiger partial charge < -0.3 is 9.64 Å². The summed E-state index contributed by atoms with van der Waals surface area (Å²) in [6.07, 6.45) is 4.91. The lowest BCUT2D eigenvalue weighted by Gasteiger charge is -2.33. The smallest absolute Gasteiger partial charge is 0.134 e. The first kappa shape index (κ1) is 13.0. The number of carbonyl (C=O) groups excluding carboxylic acids is 1. The number of Topliss-reactive ketones (excluding diaryl/α,β-unsaturated/α-hetero) is 1. The summed E-state index contributed by atoms with van der Waals surface area (Å²) in [5, 5.41) is 0. The quantitative estimate of drug-likeness (QED) is 0.756. The van der Waals surface area contributed by atoms with Crippen molar-refractivity contribution in [1.29, 1.82) is 0 Å². The SMILES string of the molecule is CC(=O)C1CCCN(CC2CCC(C)(C)O2)C1. The third-order valence-corrected chi connectivity index (χ3v) is 4.10.